The molecule has 1 unspecified atom stereocenters. The number of nitrogens with one attached hydrogen (secondary N) is 1. The number of anilines is 1. The van der Waals surface area contributed by atoms with Crippen LogP contribution in [0, 0.1) is 23.1 Å². The predicted octanol–water partition coefficient (Wildman–Crippen LogP) is 2.41. The third-order valence-electron chi connectivity index (χ3n) is 4.46. The number of halogens is 1. The first-order chi connectivity index (χ1) is 12.6. The van der Waals surface area contributed by atoms with E-state index in [1.54, 1.807) is 42.5 Å². The Kier molecular flexibility index (Phi) is 5.28. The van der Waals surface area contributed by atoms with Gasteiger partial charge in [-0.2, -0.15) is 5.26 Å². The van der Waals surface area contributed by atoms with E-state index in [2.05, 4.69) is 11.4 Å². The molecule has 6 heteroatoms. The van der Waals surface area contributed by atoms with Crippen molar-refractivity contribution in [1.29, 1.82) is 5.26 Å². The molecule has 3 rings (SSSR count). The summed E-state index contributed by atoms with van der Waals surface area (Å²) in [5, 5.41) is 12.0. The smallest absolute Gasteiger partial charge is 0.227 e. The van der Waals surface area contributed by atoms with E-state index in [1.807, 2.05) is 0 Å². The molecule has 2 aromatic carbocycles. The third kappa shape index (κ3) is 3.72. The zero-order chi connectivity index (χ0) is 18.5. The molecule has 1 saturated heterocycles. The Morgan fingerprint density at radius 3 is 2.73 bits per heavy atom. The lowest BCUT2D eigenvalue weighted by Gasteiger charge is -2.18. The van der Waals surface area contributed by atoms with Crippen LogP contribution in [0.25, 0.3) is 0 Å². The standard InChI is InChI=1S/C20H18FN3O2/c21-17-7-3-1-5-14(17)9-10-23-20(26)16-11-19(25)24(13-16)18-8-4-2-6-15(18)12-22/h1-8,16H,9-11,13H2,(H,23,26). The first kappa shape index (κ1) is 17.6. The molecule has 0 aromatic heterocycles. The monoisotopic (exact) mass is 351 g/mol. The topological polar surface area (TPSA) is 73.2 Å². The SMILES string of the molecule is N#Cc1ccccc1N1CC(C(=O)NCCc2ccccc2F)CC1=O. The number of hydrogen-bond donors (Lipinski definition) is 1. The van der Waals surface area contributed by atoms with Gasteiger partial charge in [0.15, 0.2) is 0 Å². The fraction of sp³-hybridized carbons (Fsp3) is 0.250. The minimum atomic E-state index is -0.477. The summed E-state index contributed by atoms with van der Waals surface area (Å²) in [5.41, 5.74) is 1.47. The van der Waals surface area contributed by atoms with Gasteiger partial charge in [-0.25, -0.2) is 4.39 Å². The number of para-hydroxylation sites is 1. The number of carbonyl (C=O) groups is 2. The van der Waals surface area contributed by atoms with E-state index in [-0.39, 0.29) is 30.6 Å². The van der Waals surface area contributed by atoms with Gasteiger partial charge < -0.3 is 10.2 Å². The molecule has 1 N–H and O–H groups in total. The summed E-state index contributed by atoms with van der Waals surface area (Å²) in [4.78, 5) is 26.1. The van der Waals surface area contributed by atoms with Gasteiger partial charge in [-0.1, -0.05) is 30.3 Å². The molecule has 132 valence electrons. The quantitative estimate of drug-likeness (QED) is 0.899. The maximum atomic E-state index is 13.6. The maximum Gasteiger partial charge on any atom is 0.227 e. The molecule has 0 aliphatic carbocycles. The molecule has 0 bridgehead atoms. The number of nitriles is 1. The van der Waals surface area contributed by atoms with Crippen LogP contribution >= 0.6 is 0 Å². The van der Waals surface area contributed by atoms with E-state index in [1.165, 1.54) is 11.0 Å². The molecule has 0 spiro atoms. The highest BCUT2D eigenvalue weighted by molar-refractivity contribution is 6.01. The number of benzene rings is 2. The highest BCUT2D eigenvalue weighted by Gasteiger charge is 2.35. The molecule has 26 heavy (non-hydrogen) atoms. The third-order valence-corrected chi connectivity index (χ3v) is 4.46. The highest BCUT2D eigenvalue weighted by Crippen LogP contribution is 2.27. The summed E-state index contributed by atoms with van der Waals surface area (Å²) in [5.74, 6) is -1.18. The fourth-order valence-corrected chi connectivity index (χ4v) is 3.09. The average molecular weight is 351 g/mol. The maximum absolute atomic E-state index is 13.6. The van der Waals surface area contributed by atoms with Gasteiger partial charge in [-0.05, 0) is 30.2 Å². The number of nitrogens with zero attached hydrogens (tertiary/aromatic N) is 2. The first-order valence-corrected chi connectivity index (χ1v) is 8.40. The molecule has 0 saturated carbocycles. The molecular formula is C20H18FN3O2. The number of hydrogen-bond acceptors (Lipinski definition) is 3. The van der Waals surface area contributed by atoms with Crippen molar-refractivity contribution in [2.75, 3.05) is 18.0 Å². The summed E-state index contributed by atoms with van der Waals surface area (Å²) in [6, 6.07) is 15.3. The predicted molar refractivity (Wildman–Crippen MR) is 94.7 cm³/mol. The molecule has 1 heterocycles. The normalized spacial score (nSPS) is 16.4. The van der Waals surface area contributed by atoms with E-state index in [0.29, 0.717) is 29.8 Å². The van der Waals surface area contributed by atoms with Crippen molar-refractivity contribution in [3.05, 3.63) is 65.5 Å². The number of amides is 2. The van der Waals surface area contributed by atoms with Gasteiger partial charge in [-0.3, -0.25) is 9.59 Å². The largest absolute Gasteiger partial charge is 0.355 e. The summed E-state index contributed by atoms with van der Waals surface area (Å²) >= 11 is 0. The van der Waals surface area contributed by atoms with Gasteiger partial charge in [0.1, 0.15) is 11.9 Å². The molecule has 1 fully saturated rings. The van der Waals surface area contributed by atoms with E-state index in [0.717, 1.165) is 0 Å². The first-order valence-electron chi connectivity index (χ1n) is 8.40. The Labute approximate surface area is 151 Å². The molecule has 5 nitrogen and oxygen atoms in total. The summed E-state index contributed by atoms with van der Waals surface area (Å²) in [6.45, 7) is 0.544. The molecule has 2 aromatic rings. The fourth-order valence-electron chi connectivity index (χ4n) is 3.09. The Morgan fingerprint density at radius 2 is 1.96 bits per heavy atom. The molecule has 1 atom stereocenters. The van der Waals surface area contributed by atoms with Crippen LogP contribution in [0.2, 0.25) is 0 Å². The zero-order valence-corrected chi connectivity index (χ0v) is 14.1. The van der Waals surface area contributed by atoms with Crippen LogP contribution in [0.5, 0.6) is 0 Å². The van der Waals surface area contributed by atoms with Crippen molar-refractivity contribution in [2.24, 2.45) is 5.92 Å². The summed E-state index contributed by atoms with van der Waals surface area (Å²) in [7, 11) is 0. The molecule has 1 aliphatic heterocycles. The molecule has 1 aliphatic rings. The van der Waals surface area contributed by atoms with Crippen molar-refractivity contribution in [1.82, 2.24) is 5.32 Å². The van der Waals surface area contributed by atoms with Gasteiger partial charge in [0, 0.05) is 19.5 Å². The van der Waals surface area contributed by atoms with Crippen molar-refractivity contribution in [3.8, 4) is 6.07 Å². The van der Waals surface area contributed by atoms with Crippen molar-refractivity contribution < 1.29 is 14.0 Å². The minimum Gasteiger partial charge on any atom is -0.355 e. The van der Waals surface area contributed by atoms with E-state index in [9.17, 15) is 19.2 Å². The average Bonchev–Trinajstić information content (AvgIpc) is 3.05. The zero-order valence-electron chi connectivity index (χ0n) is 14.1. The number of carbonyl (C=O) groups excluding carboxylic acids is 2. The second kappa shape index (κ2) is 7.79. The van der Waals surface area contributed by atoms with Crippen LogP contribution in [0.3, 0.4) is 0 Å². The van der Waals surface area contributed by atoms with Crippen LogP contribution in [0.15, 0.2) is 48.5 Å². The Bertz CT molecular complexity index is 875. The summed E-state index contributed by atoms with van der Waals surface area (Å²) < 4.78 is 13.6. The van der Waals surface area contributed by atoms with Crippen LogP contribution < -0.4 is 10.2 Å². The van der Waals surface area contributed by atoms with Gasteiger partial charge in [0.05, 0.1) is 17.2 Å². The van der Waals surface area contributed by atoms with E-state index in [4.69, 9.17) is 0 Å². The molecule has 2 amide bonds. The molecule has 0 radical (unpaired) electrons. The summed E-state index contributed by atoms with van der Waals surface area (Å²) in [6.07, 6.45) is 0.491. The lowest BCUT2D eigenvalue weighted by Crippen LogP contribution is -2.34. The van der Waals surface area contributed by atoms with Crippen molar-refractivity contribution in [3.63, 3.8) is 0 Å². The Morgan fingerprint density at radius 1 is 1.23 bits per heavy atom. The Hall–Kier alpha value is -3.20. The van der Waals surface area contributed by atoms with Gasteiger partial charge >= 0.3 is 0 Å². The van der Waals surface area contributed by atoms with Crippen molar-refractivity contribution >= 4 is 17.5 Å². The van der Waals surface area contributed by atoms with Gasteiger partial charge in [-0.15, -0.1) is 0 Å². The van der Waals surface area contributed by atoms with Crippen LogP contribution in [0.1, 0.15) is 17.5 Å². The molecular weight excluding hydrogens is 333 g/mol. The van der Waals surface area contributed by atoms with Gasteiger partial charge in [0.25, 0.3) is 0 Å². The van der Waals surface area contributed by atoms with Crippen LogP contribution in [0.4, 0.5) is 10.1 Å². The second-order valence-corrected chi connectivity index (χ2v) is 6.17. The van der Waals surface area contributed by atoms with Crippen molar-refractivity contribution in [2.45, 2.75) is 12.8 Å². The van der Waals surface area contributed by atoms with Crippen LogP contribution in [-0.4, -0.2) is 24.9 Å². The van der Waals surface area contributed by atoms with E-state index >= 15 is 0 Å². The van der Waals surface area contributed by atoms with Gasteiger partial charge in [0.2, 0.25) is 11.8 Å². The van der Waals surface area contributed by atoms with Crippen LogP contribution in [-0.2, 0) is 16.0 Å². The second-order valence-electron chi connectivity index (χ2n) is 6.17. The highest BCUT2D eigenvalue weighted by atomic mass is 19.1. The Balaban J connectivity index is 1.59. The lowest BCUT2D eigenvalue weighted by molar-refractivity contribution is -0.126. The minimum absolute atomic E-state index is 0.102. The lowest BCUT2D eigenvalue weighted by atomic mass is 10.1. The number of rotatable bonds is 5. The van der Waals surface area contributed by atoms with E-state index < -0.39 is 5.92 Å².